The summed E-state index contributed by atoms with van der Waals surface area (Å²) in [6.45, 7) is 0.446. The highest BCUT2D eigenvalue weighted by Crippen LogP contribution is 2.36. The summed E-state index contributed by atoms with van der Waals surface area (Å²) in [6, 6.07) is 3.79. The highest BCUT2D eigenvalue weighted by Gasteiger charge is 2.24. The lowest BCUT2D eigenvalue weighted by molar-refractivity contribution is 0.344. The van der Waals surface area contributed by atoms with E-state index in [1.807, 2.05) is 12.1 Å². The lowest BCUT2D eigenvalue weighted by atomic mass is 9.85. The fraction of sp³-hybridized carbons (Fsp3) is 0.455. The molecule has 1 aliphatic carbocycles. The fourth-order valence-corrected chi connectivity index (χ4v) is 1.82. The van der Waals surface area contributed by atoms with Crippen molar-refractivity contribution in [1.82, 2.24) is 9.97 Å². The molecule has 2 heterocycles. The average molecular weight is 203 g/mol. The molecule has 0 radical (unpaired) electrons. The molecular formula is C11H13N3O. The molecule has 3 rings (SSSR count). The SMILES string of the molecule is NCc1ccc2oc(C3CCC3)nc2n1. The van der Waals surface area contributed by atoms with E-state index in [1.165, 1.54) is 19.3 Å². The third-order valence-corrected chi connectivity index (χ3v) is 2.99. The quantitative estimate of drug-likeness (QED) is 0.810. The Morgan fingerprint density at radius 1 is 1.33 bits per heavy atom. The minimum Gasteiger partial charge on any atom is -0.439 e. The molecule has 1 fully saturated rings. The summed E-state index contributed by atoms with van der Waals surface area (Å²) in [7, 11) is 0. The molecule has 0 aromatic carbocycles. The van der Waals surface area contributed by atoms with Crippen LogP contribution >= 0.6 is 0 Å². The van der Waals surface area contributed by atoms with Crippen molar-refractivity contribution in [2.24, 2.45) is 5.73 Å². The number of nitrogens with two attached hydrogens (primary N) is 1. The zero-order chi connectivity index (χ0) is 10.3. The molecular weight excluding hydrogens is 190 g/mol. The number of hydrogen-bond donors (Lipinski definition) is 1. The van der Waals surface area contributed by atoms with Gasteiger partial charge in [0.15, 0.2) is 17.1 Å². The summed E-state index contributed by atoms with van der Waals surface area (Å²) >= 11 is 0. The topological polar surface area (TPSA) is 64.9 Å². The normalized spacial score (nSPS) is 16.9. The molecule has 0 spiro atoms. The Balaban J connectivity index is 2.04. The molecule has 1 saturated carbocycles. The van der Waals surface area contributed by atoms with Gasteiger partial charge >= 0.3 is 0 Å². The maximum Gasteiger partial charge on any atom is 0.200 e. The van der Waals surface area contributed by atoms with Crippen molar-refractivity contribution in [3.05, 3.63) is 23.7 Å². The summed E-state index contributed by atoms with van der Waals surface area (Å²) in [5.41, 5.74) is 7.85. The van der Waals surface area contributed by atoms with Crippen LogP contribution in [-0.4, -0.2) is 9.97 Å². The zero-order valence-corrected chi connectivity index (χ0v) is 8.44. The summed E-state index contributed by atoms with van der Waals surface area (Å²) in [4.78, 5) is 8.74. The van der Waals surface area contributed by atoms with Crippen LogP contribution in [0.5, 0.6) is 0 Å². The predicted octanol–water partition coefficient (Wildman–Crippen LogP) is 1.95. The maximum atomic E-state index is 5.66. The second-order valence-electron chi connectivity index (χ2n) is 4.01. The maximum absolute atomic E-state index is 5.66. The molecule has 15 heavy (non-hydrogen) atoms. The van der Waals surface area contributed by atoms with E-state index in [1.54, 1.807) is 0 Å². The van der Waals surface area contributed by atoms with E-state index in [4.69, 9.17) is 10.2 Å². The highest BCUT2D eigenvalue weighted by molar-refractivity contribution is 5.67. The first-order chi connectivity index (χ1) is 7.36. The lowest BCUT2D eigenvalue weighted by Crippen LogP contribution is -2.08. The molecule has 0 bridgehead atoms. The Hall–Kier alpha value is -1.42. The van der Waals surface area contributed by atoms with Gasteiger partial charge in [-0.15, -0.1) is 0 Å². The van der Waals surface area contributed by atoms with Gasteiger partial charge in [0.25, 0.3) is 0 Å². The molecule has 0 unspecified atom stereocenters. The van der Waals surface area contributed by atoms with Crippen LogP contribution in [0.4, 0.5) is 0 Å². The van der Waals surface area contributed by atoms with Crippen LogP contribution < -0.4 is 5.73 Å². The second kappa shape index (κ2) is 3.31. The Labute approximate surface area is 87.5 Å². The minimum atomic E-state index is 0.446. The number of fused-ring (bicyclic) bond motifs is 1. The second-order valence-corrected chi connectivity index (χ2v) is 4.01. The van der Waals surface area contributed by atoms with Gasteiger partial charge in [0.2, 0.25) is 0 Å². The summed E-state index contributed by atoms with van der Waals surface area (Å²) < 4.78 is 5.66. The van der Waals surface area contributed by atoms with E-state index >= 15 is 0 Å². The molecule has 0 aliphatic heterocycles. The van der Waals surface area contributed by atoms with Crippen LogP contribution in [0.15, 0.2) is 16.5 Å². The third-order valence-electron chi connectivity index (χ3n) is 2.99. The first-order valence-electron chi connectivity index (χ1n) is 5.33. The number of aromatic nitrogens is 2. The summed E-state index contributed by atoms with van der Waals surface area (Å²) in [5, 5.41) is 0. The number of oxazole rings is 1. The van der Waals surface area contributed by atoms with Crippen molar-refractivity contribution in [2.75, 3.05) is 0 Å². The Morgan fingerprint density at radius 2 is 2.20 bits per heavy atom. The summed E-state index contributed by atoms with van der Waals surface area (Å²) in [5.74, 6) is 1.36. The van der Waals surface area contributed by atoms with Crippen molar-refractivity contribution in [1.29, 1.82) is 0 Å². The number of nitrogens with zero attached hydrogens (tertiary/aromatic N) is 2. The average Bonchev–Trinajstić information content (AvgIpc) is 2.56. The molecule has 1 aliphatic rings. The van der Waals surface area contributed by atoms with Crippen LogP contribution in [0.3, 0.4) is 0 Å². The first kappa shape index (κ1) is 8.85. The Morgan fingerprint density at radius 3 is 2.87 bits per heavy atom. The molecule has 0 amide bonds. The number of rotatable bonds is 2. The zero-order valence-electron chi connectivity index (χ0n) is 8.44. The standard InChI is InChI=1S/C11H13N3O/c12-6-8-4-5-9-10(13-8)14-11(15-9)7-2-1-3-7/h4-5,7H,1-3,6,12H2. The van der Waals surface area contributed by atoms with Gasteiger partial charge in [-0.25, -0.2) is 4.98 Å². The van der Waals surface area contributed by atoms with Gasteiger partial charge < -0.3 is 10.2 Å². The Kier molecular flexibility index (Phi) is 1.95. The molecule has 0 saturated heterocycles. The van der Waals surface area contributed by atoms with Gasteiger partial charge in [0.1, 0.15) is 0 Å². The van der Waals surface area contributed by atoms with E-state index in [9.17, 15) is 0 Å². The minimum absolute atomic E-state index is 0.446. The van der Waals surface area contributed by atoms with Crippen molar-refractivity contribution >= 4 is 11.2 Å². The molecule has 4 nitrogen and oxygen atoms in total. The van der Waals surface area contributed by atoms with Crippen LogP contribution in [0, 0.1) is 0 Å². The van der Waals surface area contributed by atoms with Gasteiger partial charge in [-0.2, -0.15) is 4.98 Å². The van der Waals surface area contributed by atoms with Gasteiger partial charge in [-0.3, -0.25) is 0 Å². The van der Waals surface area contributed by atoms with E-state index in [0.717, 1.165) is 17.2 Å². The van der Waals surface area contributed by atoms with Crippen LogP contribution in [0.1, 0.15) is 36.8 Å². The van der Waals surface area contributed by atoms with E-state index < -0.39 is 0 Å². The summed E-state index contributed by atoms with van der Waals surface area (Å²) in [6.07, 6.45) is 3.66. The molecule has 2 aromatic rings. The lowest BCUT2D eigenvalue weighted by Gasteiger charge is -2.21. The van der Waals surface area contributed by atoms with Gasteiger partial charge in [-0.05, 0) is 25.0 Å². The van der Waals surface area contributed by atoms with Crippen LogP contribution in [0.25, 0.3) is 11.2 Å². The van der Waals surface area contributed by atoms with Crippen molar-refractivity contribution < 1.29 is 4.42 Å². The molecule has 78 valence electrons. The van der Waals surface area contributed by atoms with E-state index in [2.05, 4.69) is 9.97 Å². The number of pyridine rings is 1. The molecule has 4 heteroatoms. The smallest absolute Gasteiger partial charge is 0.200 e. The van der Waals surface area contributed by atoms with Gasteiger partial charge in [-0.1, -0.05) is 6.42 Å². The Bertz CT molecular complexity index is 488. The van der Waals surface area contributed by atoms with Crippen molar-refractivity contribution in [3.8, 4) is 0 Å². The monoisotopic (exact) mass is 203 g/mol. The number of hydrogen-bond acceptors (Lipinski definition) is 4. The van der Waals surface area contributed by atoms with Crippen molar-refractivity contribution in [2.45, 2.75) is 31.7 Å². The van der Waals surface area contributed by atoms with Crippen LogP contribution in [-0.2, 0) is 6.54 Å². The van der Waals surface area contributed by atoms with Crippen LogP contribution in [0.2, 0.25) is 0 Å². The molecule has 2 N–H and O–H groups in total. The highest BCUT2D eigenvalue weighted by atomic mass is 16.3. The molecule has 2 aromatic heterocycles. The van der Waals surface area contributed by atoms with E-state index in [0.29, 0.717) is 18.1 Å². The molecule has 0 atom stereocenters. The first-order valence-corrected chi connectivity index (χ1v) is 5.33. The van der Waals surface area contributed by atoms with Gasteiger partial charge in [0, 0.05) is 12.5 Å². The van der Waals surface area contributed by atoms with Gasteiger partial charge in [0.05, 0.1) is 5.69 Å². The predicted molar refractivity (Wildman–Crippen MR) is 56.3 cm³/mol. The van der Waals surface area contributed by atoms with Crippen molar-refractivity contribution in [3.63, 3.8) is 0 Å². The van der Waals surface area contributed by atoms with E-state index in [-0.39, 0.29) is 0 Å². The fourth-order valence-electron chi connectivity index (χ4n) is 1.82. The third kappa shape index (κ3) is 1.41. The largest absolute Gasteiger partial charge is 0.439 e.